The molecule has 0 saturated heterocycles. The molecule has 0 fully saturated rings. The highest BCUT2D eigenvalue weighted by Crippen LogP contribution is 1.53. The summed E-state index contributed by atoms with van der Waals surface area (Å²) < 4.78 is 0. The maximum absolute atomic E-state index is 7.40. The molecular formula is CHBrN2. The molecule has 0 saturated carbocycles. The molecule has 0 aromatic rings. The van der Waals surface area contributed by atoms with Crippen LogP contribution in [0.2, 0.25) is 0 Å². The SMILES string of the molecule is [N-]=[N+]=CBr. The normalized spacial score (nSPS) is 4.25. The second kappa shape index (κ2) is 2.86. The topological polar surface area (TPSA) is 36.4 Å². The monoisotopic (exact) mass is 120 g/mol. The summed E-state index contributed by atoms with van der Waals surface area (Å²) in [5.74, 6) is 0. The van der Waals surface area contributed by atoms with Gasteiger partial charge in [-0.05, 0) is 0 Å². The van der Waals surface area contributed by atoms with E-state index in [9.17, 15) is 0 Å². The van der Waals surface area contributed by atoms with Gasteiger partial charge in [0.1, 0.15) is 0 Å². The van der Waals surface area contributed by atoms with Crippen molar-refractivity contribution in [3.05, 3.63) is 5.53 Å². The van der Waals surface area contributed by atoms with Crippen molar-refractivity contribution >= 4 is 21.1 Å². The Hall–Kier alpha value is -0.140. The van der Waals surface area contributed by atoms with Gasteiger partial charge in [-0.15, -0.1) is 0 Å². The third-order valence-electron chi connectivity index (χ3n) is 0.0436. The lowest BCUT2D eigenvalue weighted by atomic mass is 11.8. The fourth-order valence-electron chi connectivity index (χ4n) is 0. The fraction of sp³-hybridized carbons (Fsp3) is 0. The van der Waals surface area contributed by atoms with E-state index in [1.807, 2.05) is 0 Å². The molecule has 0 radical (unpaired) electrons. The molecule has 0 aliphatic carbocycles. The van der Waals surface area contributed by atoms with Crippen LogP contribution >= 0.6 is 15.9 Å². The molecule has 0 atom stereocenters. The van der Waals surface area contributed by atoms with E-state index in [4.69, 9.17) is 5.53 Å². The Bertz CT molecular complexity index is 44.0. The zero-order valence-electron chi connectivity index (χ0n) is 1.85. The molecule has 0 unspecified atom stereocenters. The van der Waals surface area contributed by atoms with E-state index < -0.39 is 0 Å². The molecule has 4 heavy (non-hydrogen) atoms. The zero-order chi connectivity index (χ0) is 3.41. The zero-order valence-corrected chi connectivity index (χ0v) is 3.44. The molecule has 3 heteroatoms. The molecular weight excluding hydrogens is 120 g/mol. The van der Waals surface area contributed by atoms with E-state index in [0.29, 0.717) is 0 Å². The highest BCUT2D eigenvalue weighted by molar-refractivity contribution is 9.17. The minimum Gasteiger partial charge on any atom is -0.361 e. The first-order valence-corrected chi connectivity index (χ1v) is 1.59. The van der Waals surface area contributed by atoms with Crippen molar-refractivity contribution in [2.75, 3.05) is 0 Å². The van der Waals surface area contributed by atoms with Gasteiger partial charge in [-0.3, -0.25) is 0 Å². The molecule has 0 heterocycles. The van der Waals surface area contributed by atoms with Gasteiger partial charge in [0.05, 0.1) is 0 Å². The molecule has 0 aliphatic heterocycles. The predicted molar refractivity (Wildman–Crippen MR) is 18.6 cm³/mol. The van der Waals surface area contributed by atoms with Crippen LogP contribution in [0.3, 0.4) is 0 Å². The third-order valence-corrected chi connectivity index (χ3v) is 0.227. The smallest absolute Gasteiger partial charge is 0.321 e. The van der Waals surface area contributed by atoms with Crippen molar-refractivity contribution in [3.8, 4) is 0 Å². The number of rotatable bonds is 0. The van der Waals surface area contributed by atoms with Crippen molar-refractivity contribution in [3.63, 3.8) is 0 Å². The quantitative estimate of drug-likeness (QED) is 0.256. The average Bonchev–Trinajstić information content (AvgIpc) is 1.37. The lowest BCUT2D eigenvalue weighted by molar-refractivity contribution is 0.00890. The Kier molecular flexibility index (Phi) is 2.76. The van der Waals surface area contributed by atoms with Gasteiger partial charge in [-0.2, -0.15) is 4.79 Å². The first-order chi connectivity index (χ1) is 1.91. The number of halogens is 1. The van der Waals surface area contributed by atoms with Crippen LogP contribution in [0.15, 0.2) is 0 Å². The molecule has 0 rings (SSSR count). The van der Waals surface area contributed by atoms with Gasteiger partial charge >= 0.3 is 5.12 Å². The summed E-state index contributed by atoms with van der Waals surface area (Å²) in [4.78, 5) is 2.53. The van der Waals surface area contributed by atoms with Crippen LogP contribution < -0.4 is 0 Å². The molecule has 0 N–H and O–H groups in total. The molecule has 0 aliphatic rings. The van der Waals surface area contributed by atoms with Crippen molar-refractivity contribution in [1.82, 2.24) is 0 Å². The number of hydrogen-bond donors (Lipinski definition) is 0. The Balaban J connectivity index is 3.11. The van der Waals surface area contributed by atoms with Gasteiger partial charge in [0, 0.05) is 15.9 Å². The van der Waals surface area contributed by atoms with Gasteiger partial charge in [-0.1, -0.05) is 0 Å². The highest BCUT2D eigenvalue weighted by atomic mass is 79.9. The van der Waals surface area contributed by atoms with Crippen LogP contribution in [-0.4, -0.2) is 9.91 Å². The summed E-state index contributed by atoms with van der Waals surface area (Å²) >= 11 is 2.71. The summed E-state index contributed by atoms with van der Waals surface area (Å²) in [7, 11) is 0. The Morgan fingerprint density at radius 3 is 2.25 bits per heavy atom. The standard InChI is InChI=1S/CHBrN2/c2-1-4-3/h1H. The first kappa shape index (κ1) is 3.86. The highest BCUT2D eigenvalue weighted by Gasteiger charge is 1.42. The number of nitrogens with zero attached hydrogens (tertiary/aromatic N) is 2. The minimum absolute atomic E-state index is 1.12. The largest absolute Gasteiger partial charge is 0.361 e. The van der Waals surface area contributed by atoms with Crippen LogP contribution in [0.5, 0.6) is 0 Å². The second-order valence-corrected chi connectivity index (χ2v) is 0.623. The Labute approximate surface area is 32.2 Å². The summed E-state index contributed by atoms with van der Waals surface area (Å²) in [6.45, 7) is 0. The van der Waals surface area contributed by atoms with Crippen LogP contribution in [0.1, 0.15) is 0 Å². The molecule has 2 nitrogen and oxygen atoms in total. The van der Waals surface area contributed by atoms with E-state index in [1.54, 1.807) is 0 Å². The number of hydrogen-bond acceptors (Lipinski definition) is 0. The van der Waals surface area contributed by atoms with Gasteiger partial charge in [0.15, 0.2) is 0 Å². The summed E-state index contributed by atoms with van der Waals surface area (Å²) in [5.41, 5.74) is 7.40. The van der Waals surface area contributed by atoms with Gasteiger partial charge in [0.2, 0.25) is 0 Å². The lowest BCUT2D eigenvalue weighted by Gasteiger charge is -1.29. The second-order valence-electron chi connectivity index (χ2n) is 0.213. The Morgan fingerprint density at radius 2 is 2.25 bits per heavy atom. The Morgan fingerprint density at radius 1 is 2.00 bits per heavy atom. The summed E-state index contributed by atoms with van der Waals surface area (Å²) in [6.07, 6.45) is 0. The van der Waals surface area contributed by atoms with Crippen molar-refractivity contribution in [2.24, 2.45) is 0 Å². The molecule has 0 spiro atoms. The van der Waals surface area contributed by atoms with Crippen molar-refractivity contribution in [1.29, 1.82) is 0 Å². The van der Waals surface area contributed by atoms with E-state index in [-0.39, 0.29) is 0 Å². The lowest BCUT2D eigenvalue weighted by Crippen LogP contribution is -1.39. The molecule has 0 aromatic carbocycles. The van der Waals surface area contributed by atoms with Crippen LogP contribution in [0, 0.1) is 0 Å². The molecule has 0 bridgehead atoms. The van der Waals surface area contributed by atoms with Gasteiger partial charge in [0.25, 0.3) is 0 Å². The molecule has 0 amide bonds. The van der Waals surface area contributed by atoms with Gasteiger partial charge < -0.3 is 5.53 Å². The predicted octanol–water partition coefficient (Wildman–Crippen LogP) is 0.639. The maximum atomic E-state index is 7.40. The van der Waals surface area contributed by atoms with E-state index >= 15 is 0 Å². The summed E-state index contributed by atoms with van der Waals surface area (Å²) in [5, 5.41) is 1.12. The first-order valence-electron chi connectivity index (χ1n) is 0.676. The van der Waals surface area contributed by atoms with Crippen LogP contribution in [-0.2, 0) is 0 Å². The molecule has 0 aromatic heterocycles. The van der Waals surface area contributed by atoms with Crippen LogP contribution in [0.4, 0.5) is 0 Å². The van der Waals surface area contributed by atoms with Crippen molar-refractivity contribution < 1.29 is 4.79 Å². The van der Waals surface area contributed by atoms with E-state index in [2.05, 4.69) is 20.7 Å². The maximum Gasteiger partial charge on any atom is 0.321 e. The third kappa shape index (κ3) is 1.86. The summed E-state index contributed by atoms with van der Waals surface area (Å²) in [6, 6.07) is 0. The fourth-order valence-corrected chi connectivity index (χ4v) is 0. The van der Waals surface area contributed by atoms with E-state index in [1.165, 1.54) is 0 Å². The van der Waals surface area contributed by atoms with E-state index in [0.717, 1.165) is 5.12 Å². The van der Waals surface area contributed by atoms with Crippen molar-refractivity contribution in [2.45, 2.75) is 0 Å². The minimum atomic E-state index is 1.12. The van der Waals surface area contributed by atoms with Gasteiger partial charge in [-0.25, -0.2) is 0 Å². The average molecular weight is 121 g/mol. The molecule has 22 valence electrons. The van der Waals surface area contributed by atoms with Crippen LogP contribution in [0.25, 0.3) is 5.53 Å².